The number of hydrogen-bond acceptors (Lipinski definition) is 4. The molecule has 24 heavy (non-hydrogen) atoms. The molecule has 1 spiro atoms. The molecule has 1 aromatic heterocycles. The van der Waals surface area contributed by atoms with Gasteiger partial charge in [-0.3, -0.25) is 4.68 Å². The fourth-order valence-corrected chi connectivity index (χ4v) is 4.22. The Morgan fingerprint density at radius 2 is 2.29 bits per heavy atom. The predicted molar refractivity (Wildman–Crippen MR) is 93.4 cm³/mol. The molecule has 1 saturated heterocycles. The fraction of sp³-hybridized carbons (Fsp3) is 0.474. The van der Waals surface area contributed by atoms with Crippen LogP contribution >= 0.6 is 0 Å². The van der Waals surface area contributed by atoms with Gasteiger partial charge < -0.3 is 10.1 Å². The molecule has 2 aliphatic heterocycles. The number of nitrogens with one attached hydrogen (secondary N) is 1. The first-order valence-electron chi connectivity index (χ1n) is 8.62. The van der Waals surface area contributed by atoms with Crippen molar-refractivity contribution in [2.45, 2.75) is 43.9 Å². The molecule has 2 aliphatic rings. The molecule has 0 bridgehead atoms. The van der Waals surface area contributed by atoms with Gasteiger partial charge in [-0.05, 0) is 42.5 Å². The Kier molecular flexibility index (Phi) is 3.77. The second-order valence-corrected chi connectivity index (χ2v) is 7.06. The third-order valence-electron chi connectivity index (χ3n) is 5.24. The number of aryl methyl sites for hydroxylation is 1. The Labute approximate surface area is 142 Å². The number of benzene rings is 1. The van der Waals surface area contributed by atoms with Crippen LogP contribution in [0, 0.1) is 0 Å². The summed E-state index contributed by atoms with van der Waals surface area (Å²) in [7, 11) is 1.90. The van der Waals surface area contributed by atoms with Crippen LogP contribution in [-0.4, -0.2) is 27.6 Å². The molecule has 0 radical (unpaired) electrons. The lowest BCUT2D eigenvalue weighted by atomic mass is 9.74. The number of fused-ring (bicyclic) bond motifs is 2. The maximum Gasteiger partial charge on any atom is 0.0997 e. The summed E-state index contributed by atoms with van der Waals surface area (Å²) in [5.41, 5.74) is 4.62. The summed E-state index contributed by atoms with van der Waals surface area (Å²) in [6, 6.07) is 7.15. The van der Waals surface area contributed by atoms with Gasteiger partial charge in [0.1, 0.15) is 0 Å². The Hall–Kier alpha value is -1.98. The summed E-state index contributed by atoms with van der Waals surface area (Å²) in [4.78, 5) is 0. The smallest absolute Gasteiger partial charge is 0.0997 e. The van der Waals surface area contributed by atoms with Gasteiger partial charge in [-0.25, -0.2) is 0 Å². The molecule has 3 unspecified atom stereocenters. The van der Waals surface area contributed by atoms with Gasteiger partial charge in [0.05, 0.1) is 23.9 Å². The van der Waals surface area contributed by atoms with Gasteiger partial charge in [-0.15, -0.1) is 5.10 Å². The molecular formula is C19H24N4O. The highest BCUT2D eigenvalue weighted by molar-refractivity contribution is 5.52. The highest BCUT2D eigenvalue weighted by Gasteiger charge is 2.45. The van der Waals surface area contributed by atoms with E-state index in [-0.39, 0.29) is 11.6 Å². The Bertz CT molecular complexity index is 768. The predicted octanol–water partition coefficient (Wildman–Crippen LogP) is 2.74. The maximum absolute atomic E-state index is 6.43. The van der Waals surface area contributed by atoms with Crippen LogP contribution in [0.25, 0.3) is 6.08 Å². The van der Waals surface area contributed by atoms with E-state index in [0.717, 1.165) is 37.1 Å². The van der Waals surface area contributed by atoms with Gasteiger partial charge >= 0.3 is 0 Å². The minimum atomic E-state index is -0.251. The molecule has 0 aliphatic carbocycles. The van der Waals surface area contributed by atoms with Crippen molar-refractivity contribution in [3.63, 3.8) is 0 Å². The molecule has 2 aromatic rings. The molecule has 3 atom stereocenters. The van der Waals surface area contributed by atoms with E-state index in [1.165, 1.54) is 11.1 Å². The van der Waals surface area contributed by atoms with Crippen molar-refractivity contribution in [1.29, 1.82) is 0 Å². The van der Waals surface area contributed by atoms with Crippen LogP contribution in [0.3, 0.4) is 0 Å². The van der Waals surface area contributed by atoms with Crippen LogP contribution in [0.15, 0.2) is 31.0 Å². The largest absolute Gasteiger partial charge is 0.370 e. The molecule has 5 heteroatoms. The first kappa shape index (κ1) is 15.5. The molecule has 126 valence electrons. The van der Waals surface area contributed by atoms with E-state index >= 15 is 0 Å². The number of ether oxygens (including phenoxy) is 1. The highest BCUT2D eigenvalue weighted by atomic mass is 16.5. The zero-order valence-corrected chi connectivity index (χ0v) is 14.3. The van der Waals surface area contributed by atoms with Gasteiger partial charge in [-0.1, -0.05) is 30.0 Å². The third kappa shape index (κ3) is 2.58. The number of piperidine rings is 1. The molecule has 1 N–H and O–H groups in total. The zero-order valence-electron chi connectivity index (χ0n) is 14.3. The van der Waals surface area contributed by atoms with E-state index in [4.69, 9.17) is 4.74 Å². The minimum absolute atomic E-state index is 0.154. The van der Waals surface area contributed by atoms with Gasteiger partial charge in [0, 0.05) is 25.7 Å². The van der Waals surface area contributed by atoms with Crippen molar-refractivity contribution < 1.29 is 4.74 Å². The van der Waals surface area contributed by atoms with Crippen LogP contribution in [0.4, 0.5) is 0 Å². The van der Waals surface area contributed by atoms with Crippen molar-refractivity contribution in [3.05, 3.63) is 53.4 Å². The minimum Gasteiger partial charge on any atom is -0.370 e. The maximum atomic E-state index is 6.43. The van der Waals surface area contributed by atoms with Crippen LogP contribution in [0.5, 0.6) is 0 Å². The van der Waals surface area contributed by atoms with E-state index in [1.807, 2.05) is 19.3 Å². The molecule has 3 heterocycles. The second-order valence-electron chi connectivity index (χ2n) is 7.06. The highest BCUT2D eigenvalue weighted by Crippen LogP contribution is 2.46. The zero-order chi connectivity index (χ0) is 16.7. The Morgan fingerprint density at radius 3 is 3.04 bits per heavy atom. The molecule has 5 nitrogen and oxygen atoms in total. The molecule has 1 aromatic carbocycles. The number of hydrogen-bond donors (Lipinski definition) is 1. The van der Waals surface area contributed by atoms with Gasteiger partial charge in [0.15, 0.2) is 0 Å². The summed E-state index contributed by atoms with van der Waals surface area (Å²) in [6.07, 6.45) is 6.73. The average Bonchev–Trinajstić information content (AvgIpc) is 3.01. The van der Waals surface area contributed by atoms with Crippen LogP contribution in [-0.2, 0) is 23.8 Å². The van der Waals surface area contributed by atoms with Crippen LogP contribution < -0.4 is 5.32 Å². The summed E-state index contributed by atoms with van der Waals surface area (Å²) in [5.74, 6) is 0. The molecule has 0 amide bonds. The third-order valence-corrected chi connectivity index (χ3v) is 5.24. The molecule has 0 saturated carbocycles. The van der Waals surface area contributed by atoms with E-state index < -0.39 is 0 Å². The van der Waals surface area contributed by atoms with Crippen molar-refractivity contribution in [1.82, 2.24) is 20.3 Å². The van der Waals surface area contributed by atoms with Crippen LogP contribution in [0.2, 0.25) is 0 Å². The van der Waals surface area contributed by atoms with Gasteiger partial charge in [-0.2, -0.15) is 0 Å². The van der Waals surface area contributed by atoms with Crippen molar-refractivity contribution in [3.8, 4) is 0 Å². The normalized spacial score (nSPS) is 29.4. The van der Waals surface area contributed by atoms with E-state index in [2.05, 4.69) is 47.3 Å². The van der Waals surface area contributed by atoms with E-state index in [1.54, 1.807) is 4.68 Å². The molecule has 4 rings (SSSR count). The summed E-state index contributed by atoms with van der Waals surface area (Å²) >= 11 is 0. The lowest BCUT2D eigenvalue weighted by Crippen LogP contribution is -2.50. The monoisotopic (exact) mass is 324 g/mol. The van der Waals surface area contributed by atoms with Crippen LogP contribution in [0.1, 0.15) is 48.2 Å². The fourth-order valence-electron chi connectivity index (χ4n) is 4.22. The summed E-state index contributed by atoms with van der Waals surface area (Å²) in [6.45, 7) is 6.92. The van der Waals surface area contributed by atoms with Crippen molar-refractivity contribution in [2.75, 3.05) is 6.61 Å². The summed E-state index contributed by atoms with van der Waals surface area (Å²) in [5, 5.41) is 12.1. The average molecular weight is 324 g/mol. The van der Waals surface area contributed by atoms with Crippen molar-refractivity contribution >= 4 is 6.08 Å². The van der Waals surface area contributed by atoms with Gasteiger partial charge in [0.25, 0.3) is 0 Å². The Balaban J connectivity index is 1.75. The first-order chi connectivity index (χ1) is 11.6. The standard InChI is InChI=1S/C19H24N4O/c1-4-14-5-6-15-7-8-24-19(16(15)9-14)10-13(2)20-17(11-19)18-12-23(3)22-21-18/h4-6,9,12-13,17,20H,1,7-8,10-11H2,2-3H3. The molecule has 1 fully saturated rings. The Morgan fingerprint density at radius 1 is 1.42 bits per heavy atom. The number of nitrogens with zero attached hydrogens (tertiary/aromatic N) is 3. The van der Waals surface area contributed by atoms with Crippen molar-refractivity contribution in [2.24, 2.45) is 7.05 Å². The van der Waals surface area contributed by atoms with Gasteiger partial charge in [0.2, 0.25) is 0 Å². The SMILES string of the molecule is C=Cc1ccc2c(c1)C1(CC(C)NC(c3cn(C)nn3)C1)OCC2. The topological polar surface area (TPSA) is 52.0 Å². The molecular weight excluding hydrogens is 300 g/mol. The quantitative estimate of drug-likeness (QED) is 0.923. The van der Waals surface area contributed by atoms with E-state index in [9.17, 15) is 0 Å². The first-order valence-corrected chi connectivity index (χ1v) is 8.62. The van der Waals surface area contributed by atoms with E-state index in [0.29, 0.717) is 6.04 Å². The second kappa shape index (κ2) is 5.83. The number of aromatic nitrogens is 3. The number of rotatable bonds is 2. The summed E-state index contributed by atoms with van der Waals surface area (Å²) < 4.78 is 8.19. The lowest BCUT2D eigenvalue weighted by molar-refractivity contribution is -0.0987. The lowest BCUT2D eigenvalue weighted by Gasteiger charge is -2.47.